The van der Waals surface area contributed by atoms with Gasteiger partial charge in [0.1, 0.15) is 5.75 Å². The molecule has 0 aliphatic rings. The third kappa shape index (κ3) is 4.88. The monoisotopic (exact) mass is 296 g/mol. The normalized spacial score (nSPS) is 10.9. The number of aromatic nitrogens is 4. The van der Waals surface area contributed by atoms with Gasteiger partial charge >= 0.3 is 58.4 Å². The second kappa shape index (κ2) is 6.84. The minimum atomic E-state index is -4.97. The summed E-state index contributed by atoms with van der Waals surface area (Å²) < 4.78 is 42.3. The van der Waals surface area contributed by atoms with Crippen LogP contribution in [0.1, 0.15) is 5.82 Å². The minimum absolute atomic E-state index is 0. The van der Waals surface area contributed by atoms with Crippen molar-refractivity contribution in [2.75, 3.05) is 0 Å². The van der Waals surface area contributed by atoms with E-state index < -0.39 is 12.4 Å². The maximum Gasteiger partial charge on any atom is 1.00 e. The van der Waals surface area contributed by atoms with Gasteiger partial charge in [-0.15, -0.1) is 15.7 Å². The summed E-state index contributed by atoms with van der Waals surface area (Å²) in [7, 11) is 1.61. The molecule has 1 heterocycles. The second-order valence-corrected chi connectivity index (χ2v) is 3.63. The molecule has 0 amide bonds. The van der Waals surface area contributed by atoms with Crippen molar-refractivity contribution in [2.24, 2.45) is 7.05 Å². The zero-order valence-electron chi connectivity index (χ0n) is 10.4. The predicted molar refractivity (Wildman–Crippen MR) is 58.3 cm³/mol. The Kier molecular flexibility index (Phi) is 5.99. The average Bonchev–Trinajstić information content (AvgIpc) is 2.72. The third-order valence-corrected chi connectivity index (χ3v) is 2.18. The van der Waals surface area contributed by atoms with Gasteiger partial charge < -0.3 is 17.7 Å². The van der Waals surface area contributed by atoms with Gasteiger partial charge in [0.15, 0.2) is 6.61 Å². The Balaban J connectivity index is 0.00000180. The molecule has 10 heteroatoms. The Hall–Kier alpha value is -0.419. The number of nitrogens with zero attached hydrogens (tertiary/aromatic N) is 4. The van der Waals surface area contributed by atoms with Gasteiger partial charge in [0.05, 0.1) is 7.05 Å². The van der Waals surface area contributed by atoms with Gasteiger partial charge in [-0.3, -0.25) is 0 Å². The number of ether oxygens (including phenoxy) is 1. The minimum Gasteiger partial charge on any atom is -0.485 e. The summed E-state index contributed by atoms with van der Waals surface area (Å²) in [5, 5.41) is 11.2. The van der Waals surface area contributed by atoms with Crippen LogP contribution in [0.3, 0.4) is 0 Å². The number of tetrazole rings is 1. The van der Waals surface area contributed by atoms with Crippen LogP contribution >= 0.6 is 0 Å². The molecular weight excluding hydrogens is 287 g/mol. The molecule has 2 rings (SSSR count). The van der Waals surface area contributed by atoms with Gasteiger partial charge in [-0.25, -0.2) is 0 Å². The van der Waals surface area contributed by atoms with Crippen LogP contribution in [0.25, 0.3) is 0 Å². The zero-order valence-corrected chi connectivity index (χ0v) is 13.5. The summed E-state index contributed by atoms with van der Waals surface area (Å²) in [4.78, 5) is 1.27. The van der Waals surface area contributed by atoms with E-state index in [2.05, 4.69) is 15.4 Å². The van der Waals surface area contributed by atoms with E-state index in [1.165, 1.54) is 16.9 Å². The Morgan fingerprint density at radius 3 is 2.32 bits per heavy atom. The van der Waals surface area contributed by atoms with Crippen LogP contribution in [0.15, 0.2) is 24.3 Å². The molecule has 0 aliphatic carbocycles. The molecule has 1 aromatic heterocycles. The smallest absolute Gasteiger partial charge is 0.485 e. The van der Waals surface area contributed by atoms with Gasteiger partial charge in [-0.2, -0.15) is 4.80 Å². The third-order valence-electron chi connectivity index (χ3n) is 2.18. The number of benzene rings is 1. The molecule has 0 N–H and O–H groups in total. The fraction of sp³-hybridized carbons (Fsp3) is 0.222. The molecule has 96 valence electrons. The molecule has 5 nitrogen and oxygen atoms in total. The first-order valence-electron chi connectivity index (χ1n) is 5.11. The number of halogens is 3. The van der Waals surface area contributed by atoms with Gasteiger partial charge in [0, 0.05) is 0 Å². The number of aryl methyl sites for hydroxylation is 1. The molecule has 0 radical (unpaired) electrons. The molecule has 0 saturated heterocycles. The van der Waals surface area contributed by atoms with E-state index in [-0.39, 0.29) is 58.0 Å². The van der Waals surface area contributed by atoms with Gasteiger partial charge in [-0.1, -0.05) is 12.1 Å². The fourth-order valence-corrected chi connectivity index (χ4v) is 1.31. The van der Waals surface area contributed by atoms with Crippen LogP contribution in [0, 0.1) is 0 Å². The molecular formula is C9H9BF3KN4O. The molecule has 2 aromatic rings. The van der Waals surface area contributed by atoms with E-state index in [0.29, 0.717) is 11.6 Å². The van der Waals surface area contributed by atoms with E-state index in [4.69, 9.17) is 4.74 Å². The molecule has 19 heavy (non-hydrogen) atoms. The standard InChI is InChI=1S/C9H9BF3N4O.K/c1-17-15-9(14-16-17)6-18-8-4-2-7(3-5-8)10(11,12)13;/h2-5H,6H2,1H3;/q-1;+1. The van der Waals surface area contributed by atoms with Gasteiger partial charge in [-0.05, 0) is 17.3 Å². The van der Waals surface area contributed by atoms with Crippen molar-refractivity contribution in [1.29, 1.82) is 0 Å². The summed E-state index contributed by atoms with van der Waals surface area (Å²) in [5.74, 6) is 0.688. The van der Waals surface area contributed by atoms with Crippen LogP contribution in [-0.2, 0) is 13.7 Å². The Bertz CT molecular complexity index is 531. The molecule has 0 saturated carbocycles. The van der Waals surface area contributed by atoms with Crippen molar-refractivity contribution in [3.05, 3.63) is 30.1 Å². The van der Waals surface area contributed by atoms with Crippen molar-refractivity contribution in [3.8, 4) is 5.75 Å². The molecule has 1 aromatic carbocycles. The maximum atomic E-state index is 12.4. The summed E-state index contributed by atoms with van der Waals surface area (Å²) in [6, 6.07) is 4.50. The molecule has 0 atom stereocenters. The van der Waals surface area contributed by atoms with E-state index in [1.807, 2.05) is 0 Å². The summed E-state index contributed by atoms with van der Waals surface area (Å²) in [5.41, 5.74) is -0.653. The van der Waals surface area contributed by atoms with Crippen molar-refractivity contribution < 1.29 is 69.1 Å². The summed E-state index contributed by atoms with van der Waals surface area (Å²) in [6.07, 6.45) is 0. The van der Waals surface area contributed by atoms with Crippen LogP contribution in [-0.4, -0.2) is 27.2 Å². The number of hydrogen-bond donors (Lipinski definition) is 0. The van der Waals surface area contributed by atoms with Crippen LogP contribution in [0.2, 0.25) is 0 Å². The Morgan fingerprint density at radius 2 is 1.84 bits per heavy atom. The van der Waals surface area contributed by atoms with E-state index in [0.717, 1.165) is 12.1 Å². The zero-order chi connectivity index (χ0) is 13.2. The Labute approximate surface area is 150 Å². The van der Waals surface area contributed by atoms with E-state index >= 15 is 0 Å². The van der Waals surface area contributed by atoms with E-state index in [9.17, 15) is 12.9 Å². The maximum absolute atomic E-state index is 12.4. The average molecular weight is 296 g/mol. The molecule has 0 spiro atoms. The van der Waals surface area contributed by atoms with Crippen molar-refractivity contribution >= 4 is 12.4 Å². The van der Waals surface area contributed by atoms with Crippen LogP contribution < -0.4 is 61.6 Å². The molecule has 0 aliphatic heterocycles. The van der Waals surface area contributed by atoms with Crippen LogP contribution in [0.4, 0.5) is 12.9 Å². The Morgan fingerprint density at radius 1 is 1.21 bits per heavy atom. The van der Waals surface area contributed by atoms with E-state index in [1.54, 1.807) is 7.05 Å². The summed E-state index contributed by atoms with van der Waals surface area (Å²) in [6.45, 7) is -4.91. The molecule has 0 bridgehead atoms. The topological polar surface area (TPSA) is 52.8 Å². The number of rotatable bonds is 4. The van der Waals surface area contributed by atoms with Crippen molar-refractivity contribution in [1.82, 2.24) is 20.2 Å². The second-order valence-electron chi connectivity index (χ2n) is 3.63. The van der Waals surface area contributed by atoms with Gasteiger partial charge in [0.25, 0.3) is 0 Å². The molecule has 0 fully saturated rings. The SMILES string of the molecule is Cn1nnc(COc2ccc([B-](F)(F)F)cc2)n1.[K+]. The largest absolute Gasteiger partial charge is 1.00 e. The van der Waals surface area contributed by atoms with Gasteiger partial charge in [0.2, 0.25) is 5.82 Å². The predicted octanol–water partition coefficient (Wildman–Crippen LogP) is -2.15. The number of hydrogen-bond acceptors (Lipinski definition) is 4. The first-order valence-corrected chi connectivity index (χ1v) is 5.11. The first kappa shape index (κ1) is 16.6. The van der Waals surface area contributed by atoms with Crippen LogP contribution in [0.5, 0.6) is 5.75 Å². The fourth-order valence-electron chi connectivity index (χ4n) is 1.31. The quantitative estimate of drug-likeness (QED) is 0.604. The molecule has 0 unspecified atom stereocenters. The first-order chi connectivity index (χ1) is 8.45. The summed E-state index contributed by atoms with van der Waals surface area (Å²) >= 11 is 0. The van der Waals surface area contributed by atoms with Crippen molar-refractivity contribution in [2.45, 2.75) is 6.61 Å². The van der Waals surface area contributed by atoms with Crippen molar-refractivity contribution in [3.63, 3.8) is 0 Å².